The fourth-order valence-corrected chi connectivity index (χ4v) is 3.25. The van der Waals surface area contributed by atoms with E-state index in [4.69, 9.17) is 4.74 Å². The molecule has 0 aliphatic carbocycles. The van der Waals surface area contributed by atoms with Crippen LogP contribution in [0, 0.1) is 13.8 Å². The maximum absolute atomic E-state index is 12.0. The van der Waals surface area contributed by atoms with Crippen LogP contribution in [0.25, 0.3) is 0 Å². The first kappa shape index (κ1) is 19.8. The summed E-state index contributed by atoms with van der Waals surface area (Å²) in [6.45, 7) is 3.86. The molecule has 5 nitrogen and oxygen atoms in total. The standard InChI is InChI=1S/C20H24N2O3S/c1-14-5-4-6-15(2)20(14)22-19(24)13-21-18(23)11-12-26-17-9-7-16(25-3)8-10-17/h4-10H,11-13H2,1-3H3,(H,21,23)(H,22,24). The van der Waals surface area contributed by atoms with Gasteiger partial charge in [-0.1, -0.05) is 18.2 Å². The van der Waals surface area contributed by atoms with Crippen LogP contribution < -0.4 is 15.4 Å². The van der Waals surface area contributed by atoms with Crippen molar-refractivity contribution in [3.8, 4) is 5.75 Å². The maximum atomic E-state index is 12.0. The minimum absolute atomic E-state index is 0.0280. The first-order valence-electron chi connectivity index (χ1n) is 8.39. The molecule has 6 heteroatoms. The Bertz CT molecular complexity index is 740. The van der Waals surface area contributed by atoms with E-state index in [0.717, 1.165) is 27.5 Å². The van der Waals surface area contributed by atoms with Crippen molar-refractivity contribution >= 4 is 29.3 Å². The lowest BCUT2D eigenvalue weighted by Gasteiger charge is -2.12. The summed E-state index contributed by atoms with van der Waals surface area (Å²) in [5, 5.41) is 5.52. The van der Waals surface area contributed by atoms with Gasteiger partial charge in [-0.25, -0.2) is 0 Å². The number of carbonyl (C=O) groups is 2. The quantitative estimate of drug-likeness (QED) is 0.696. The lowest BCUT2D eigenvalue weighted by Crippen LogP contribution is -2.33. The monoisotopic (exact) mass is 372 g/mol. The number of methoxy groups -OCH3 is 1. The number of nitrogens with one attached hydrogen (secondary N) is 2. The molecule has 0 aromatic heterocycles. The molecule has 0 saturated heterocycles. The van der Waals surface area contributed by atoms with Gasteiger partial charge in [0.25, 0.3) is 0 Å². The molecule has 2 N–H and O–H groups in total. The highest BCUT2D eigenvalue weighted by molar-refractivity contribution is 7.99. The van der Waals surface area contributed by atoms with Crippen molar-refractivity contribution in [2.24, 2.45) is 0 Å². The Morgan fingerprint density at radius 3 is 2.27 bits per heavy atom. The van der Waals surface area contributed by atoms with E-state index >= 15 is 0 Å². The highest BCUT2D eigenvalue weighted by Gasteiger charge is 2.09. The van der Waals surface area contributed by atoms with Gasteiger partial charge in [0.1, 0.15) is 5.75 Å². The molecule has 0 fully saturated rings. The van der Waals surface area contributed by atoms with E-state index in [9.17, 15) is 9.59 Å². The van der Waals surface area contributed by atoms with Gasteiger partial charge in [-0.3, -0.25) is 9.59 Å². The fraction of sp³-hybridized carbons (Fsp3) is 0.300. The van der Waals surface area contributed by atoms with E-state index in [1.54, 1.807) is 18.9 Å². The van der Waals surface area contributed by atoms with Crippen LogP contribution >= 0.6 is 11.8 Å². The van der Waals surface area contributed by atoms with Gasteiger partial charge < -0.3 is 15.4 Å². The van der Waals surface area contributed by atoms with Gasteiger partial charge in [0, 0.05) is 22.8 Å². The van der Waals surface area contributed by atoms with E-state index in [1.807, 2.05) is 56.3 Å². The number of ether oxygens (including phenoxy) is 1. The number of aryl methyl sites for hydroxylation is 2. The number of carbonyl (C=O) groups excluding carboxylic acids is 2. The molecule has 0 aliphatic rings. The predicted molar refractivity (Wildman–Crippen MR) is 106 cm³/mol. The molecule has 0 saturated carbocycles. The van der Waals surface area contributed by atoms with E-state index in [-0.39, 0.29) is 18.4 Å². The van der Waals surface area contributed by atoms with Crippen molar-refractivity contribution in [1.29, 1.82) is 0 Å². The topological polar surface area (TPSA) is 67.4 Å². The number of hydrogen-bond donors (Lipinski definition) is 2. The molecule has 138 valence electrons. The van der Waals surface area contributed by atoms with Crippen LogP contribution in [0.2, 0.25) is 0 Å². The molecular weight excluding hydrogens is 348 g/mol. The van der Waals surface area contributed by atoms with E-state index in [2.05, 4.69) is 10.6 Å². The molecule has 2 aromatic carbocycles. The summed E-state index contributed by atoms with van der Waals surface area (Å²) in [4.78, 5) is 25.0. The minimum atomic E-state index is -0.224. The summed E-state index contributed by atoms with van der Waals surface area (Å²) in [5.41, 5.74) is 2.81. The average Bonchev–Trinajstić information content (AvgIpc) is 2.64. The highest BCUT2D eigenvalue weighted by atomic mass is 32.2. The third kappa shape index (κ3) is 6.11. The summed E-state index contributed by atoms with van der Waals surface area (Å²) in [7, 11) is 1.63. The maximum Gasteiger partial charge on any atom is 0.243 e. The molecule has 0 unspecified atom stereocenters. The molecule has 0 aliphatic heterocycles. The van der Waals surface area contributed by atoms with Crippen molar-refractivity contribution in [2.45, 2.75) is 25.2 Å². The van der Waals surface area contributed by atoms with Crippen molar-refractivity contribution in [3.63, 3.8) is 0 Å². The van der Waals surface area contributed by atoms with Crippen LogP contribution in [-0.4, -0.2) is 31.2 Å². The summed E-state index contributed by atoms with van der Waals surface area (Å²) in [6, 6.07) is 13.5. The molecule has 2 rings (SSSR count). The molecular formula is C20H24N2O3S. The highest BCUT2D eigenvalue weighted by Crippen LogP contribution is 2.22. The average molecular weight is 372 g/mol. The first-order chi connectivity index (χ1) is 12.5. The summed E-state index contributed by atoms with van der Waals surface area (Å²) in [5.74, 6) is 1.10. The van der Waals surface area contributed by atoms with Crippen LogP contribution in [0.15, 0.2) is 47.4 Å². The molecule has 0 radical (unpaired) electrons. The van der Waals surface area contributed by atoms with E-state index in [1.165, 1.54) is 0 Å². The van der Waals surface area contributed by atoms with Gasteiger partial charge in [0.15, 0.2) is 0 Å². The van der Waals surface area contributed by atoms with Crippen LogP contribution in [0.3, 0.4) is 0 Å². The third-order valence-electron chi connectivity index (χ3n) is 3.85. The first-order valence-corrected chi connectivity index (χ1v) is 9.38. The second-order valence-corrected chi connectivity index (χ2v) is 7.03. The zero-order valence-corrected chi connectivity index (χ0v) is 16.1. The number of thioether (sulfide) groups is 1. The molecule has 2 amide bonds. The van der Waals surface area contributed by atoms with Gasteiger partial charge in [0.2, 0.25) is 11.8 Å². The number of hydrogen-bond acceptors (Lipinski definition) is 4. The van der Waals surface area contributed by atoms with Gasteiger partial charge >= 0.3 is 0 Å². The number of anilines is 1. The van der Waals surface area contributed by atoms with Gasteiger partial charge in [-0.2, -0.15) is 0 Å². The number of para-hydroxylation sites is 1. The summed E-state index contributed by atoms with van der Waals surface area (Å²) in [6.07, 6.45) is 0.355. The van der Waals surface area contributed by atoms with Gasteiger partial charge in [-0.05, 0) is 49.2 Å². The molecule has 26 heavy (non-hydrogen) atoms. The van der Waals surface area contributed by atoms with Crippen LogP contribution in [0.5, 0.6) is 5.75 Å². The van der Waals surface area contributed by atoms with Crippen molar-refractivity contribution < 1.29 is 14.3 Å². The summed E-state index contributed by atoms with van der Waals surface area (Å²) >= 11 is 1.59. The molecule has 0 heterocycles. The Kier molecular flexibility index (Phi) is 7.53. The second-order valence-electron chi connectivity index (χ2n) is 5.87. The van der Waals surface area contributed by atoms with Crippen LogP contribution in [0.4, 0.5) is 5.69 Å². The van der Waals surface area contributed by atoms with Crippen molar-refractivity contribution in [3.05, 3.63) is 53.6 Å². The smallest absolute Gasteiger partial charge is 0.243 e. The Hall–Kier alpha value is -2.47. The molecule has 2 aromatic rings. The van der Waals surface area contributed by atoms with E-state index in [0.29, 0.717) is 12.2 Å². The van der Waals surface area contributed by atoms with Gasteiger partial charge in [0.05, 0.1) is 13.7 Å². The zero-order chi connectivity index (χ0) is 18.9. The number of amides is 2. The Morgan fingerprint density at radius 2 is 1.65 bits per heavy atom. The molecule has 0 spiro atoms. The number of benzene rings is 2. The van der Waals surface area contributed by atoms with Crippen LogP contribution in [-0.2, 0) is 9.59 Å². The summed E-state index contributed by atoms with van der Waals surface area (Å²) < 4.78 is 5.11. The Morgan fingerprint density at radius 1 is 1.00 bits per heavy atom. The largest absolute Gasteiger partial charge is 0.497 e. The third-order valence-corrected chi connectivity index (χ3v) is 4.86. The lowest BCUT2D eigenvalue weighted by atomic mass is 10.1. The fourth-order valence-electron chi connectivity index (χ4n) is 2.40. The lowest BCUT2D eigenvalue weighted by molar-refractivity contribution is -0.123. The van der Waals surface area contributed by atoms with Crippen LogP contribution in [0.1, 0.15) is 17.5 Å². The van der Waals surface area contributed by atoms with Crippen molar-refractivity contribution in [1.82, 2.24) is 5.32 Å². The SMILES string of the molecule is COc1ccc(SCCC(=O)NCC(=O)Nc2c(C)cccc2C)cc1. The minimum Gasteiger partial charge on any atom is -0.497 e. The molecule has 0 bridgehead atoms. The predicted octanol–water partition coefficient (Wildman–Crippen LogP) is 3.55. The van der Waals surface area contributed by atoms with E-state index < -0.39 is 0 Å². The number of rotatable bonds is 8. The Balaban J connectivity index is 1.70. The van der Waals surface area contributed by atoms with Gasteiger partial charge in [-0.15, -0.1) is 11.8 Å². The van der Waals surface area contributed by atoms with Crippen molar-refractivity contribution in [2.75, 3.05) is 24.7 Å². The Labute approximate surface area is 158 Å². The zero-order valence-electron chi connectivity index (χ0n) is 15.3. The normalized spacial score (nSPS) is 10.3. The second kappa shape index (κ2) is 9.87. The molecule has 0 atom stereocenters.